The van der Waals surface area contributed by atoms with E-state index in [0.717, 1.165) is 82.9 Å². The molecule has 2 heterocycles. The molecule has 4 aromatic carbocycles. The molecule has 22 nitrogen and oxygen atoms in total. The molecule has 2 aliphatic heterocycles. The quantitative estimate of drug-likeness (QED) is 0.0414. The number of sulfonamides is 4. The van der Waals surface area contributed by atoms with Crippen molar-refractivity contribution >= 4 is 106 Å². The molecule has 28 heteroatoms. The first-order valence-electron chi connectivity index (χ1n) is 29.9. The lowest BCUT2D eigenvalue weighted by Crippen LogP contribution is -2.41. The lowest BCUT2D eigenvalue weighted by atomic mass is 9.72. The zero-order valence-corrected chi connectivity index (χ0v) is 57.5. The van der Waals surface area contributed by atoms with E-state index in [-0.39, 0.29) is 57.1 Å². The van der Waals surface area contributed by atoms with Crippen molar-refractivity contribution in [3.63, 3.8) is 0 Å². The van der Waals surface area contributed by atoms with Crippen molar-refractivity contribution in [2.24, 2.45) is 23.7 Å². The molecule has 0 radical (unpaired) electrons. The highest BCUT2D eigenvalue weighted by atomic mass is 35.5. The second kappa shape index (κ2) is 32.4. The largest absolute Gasteiger partial charge is 0.444 e. The van der Waals surface area contributed by atoms with Crippen LogP contribution in [-0.2, 0) is 57.9 Å². The molecule has 5 N–H and O–H groups in total. The minimum absolute atomic E-state index is 0. The molecule has 0 spiro atoms. The van der Waals surface area contributed by atoms with E-state index >= 15 is 0 Å². The molecule has 89 heavy (non-hydrogen) atoms. The summed E-state index contributed by atoms with van der Waals surface area (Å²) in [6.45, 7) is 10.7. The minimum Gasteiger partial charge on any atom is -0.444 e. The number of anilines is 4. The Bertz CT molecular complexity index is 3490. The van der Waals surface area contributed by atoms with Gasteiger partial charge in [-0.25, -0.2) is 38.5 Å². The summed E-state index contributed by atoms with van der Waals surface area (Å²) in [4.78, 5) is 40.9. The molecule has 496 valence electrons. The van der Waals surface area contributed by atoms with Crippen molar-refractivity contribution in [2.75, 3.05) is 112 Å². The van der Waals surface area contributed by atoms with E-state index in [4.69, 9.17) is 4.74 Å². The van der Waals surface area contributed by atoms with Crippen LogP contribution in [0.4, 0.5) is 27.5 Å². The number of ether oxygens (including phenoxy) is 1. The van der Waals surface area contributed by atoms with Crippen molar-refractivity contribution in [2.45, 2.75) is 113 Å². The number of hydrogen-bond acceptors (Lipinski definition) is 15. The number of nitrogens with one attached hydrogen (secondary N) is 5. The normalized spacial score (nSPS) is 16.6. The number of amides is 3. The Labute approximate surface area is 541 Å². The third-order valence-corrected chi connectivity index (χ3v) is 23.2. The Kier molecular flexibility index (Phi) is 27.2. The maximum Gasteiger partial charge on any atom is 0.410 e. The number of nitrogens with zero attached hydrogens (tertiary/aromatic N) is 5. The van der Waals surface area contributed by atoms with Gasteiger partial charge >= 0.3 is 6.09 Å². The number of halogens is 2. The van der Waals surface area contributed by atoms with E-state index in [2.05, 4.69) is 26.6 Å². The summed E-state index contributed by atoms with van der Waals surface area (Å²) in [5, 5.41) is 15.1. The van der Waals surface area contributed by atoms with Gasteiger partial charge in [0, 0.05) is 98.0 Å². The molecule has 0 aromatic heterocycles. The van der Waals surface area contributed by atoms with Gasteiger partial charge in [0.05, 0.1) is 44.8 Å². The number of carbonyl (C=O) groups excluding carboxylic acids is 3. The van der Waals surface area contributed by atoms with E-state index in [1.165, 1.54) is 81.8 Å². The summed E-state index contributed by atoms with van der Waals surface area (Å²) in [6.07, 6.45) is 12.9. The Morgan fingerprint density at radius 1 is 0.528 bits per heavy atom. The first kappa shape index (κ1) is 74.6. The molecular formula is C61H92Cl2N10O12S4. The van der Waals surface area contributed by atoms with Gasteiger partial charge in [-0.15, -0.1) is 24.8 Å². The monoisotopic (exact) mass is 1350 g/mol. The van der Waals surface area contributed by atoms with Crippen LogP contribution < -0.4 is 35.2 Å². The van der Waals surface area contributed by atoms with E-state index in [1.54, 1.807) is 97.1 Å². The Morgan fingerprint density at radius 2 is 0.888 bits per heavy atom. The molecule has 4 fully saturated rings. The van der Waals surface area contributed by atoms with E-state index in [0.29, 0.717) is 75.6 Å². The summed E-state index contributed by atoms with van der Waals surface area (Å²) in [5.41, 5.74) is 2.53. The Hall–Kier alpha value is -5.13. The lowest BCUT2D eigenvalue weighted by Gasteiger charge is -2.39. The Balaban J connectivity index is 0.000000321. The number of carbonyl (C=O) groups is 3. The fourth-order valence-electron chi connectivity index (χ4n) is 11.1. The standard InChI is InChI=1S/C33H49N5O7S2.C28H41N5O5S2.2ClH/c1-33(2,3)45-32(40)36(4)21-18-34-23-24-10-15-30(37(5)46(6,41)42)29(22-24)31(39)35-27-11-13-28(14-12-27)47(43,44)38-19-16-26(17-20-38)25-8-7-9-25;1-29-15-16-30-20-21-7-12-27(32(2)39(3,35)36)26(19-21)28(34)31-24-8-10-25(11-9-24)40(37,38)33-17-13-23(14-18-33)22-5-4-6-22;;/h10-15,22,25-26,34H,7-9,16-21,23H2,1-6H3,(H,35,39);7-12,19,22-23,29-30H,4-6,13-18,20H2,1-3H3,(H,31,34);2*1H. The number of piperidine rings is 2. The van der Waals surface area contributed by atoms with Gasteiger partial charge in [-0.3, -0.25) is 18.2 Å². The van der Waals surface area contributed by atoms with Crippen LogP contribution in [0.5, 0.6) is 0 Å². The lowest BCUT2D eigenvalue weighted by molar-refractivity contribution is 0.0300. The molecule has 0 unspecified atom stereocenters. The maximum atomic E-state index is 13.5. The third-order valence-electron chi connectivity index (χ3n) is 17.0. The molecule has 2 aliphatic carbocycles. The van der Waals surface area contributed by atoms with Crippen molar-refractivity contribution in [1.29, 1.82) is 0 Å². The minimum atomic E-state index is -3.67. The van der Waals surface area contributed by atoms with Crippen LogP contribution in [0, 0.1) is 23.7 Å². The van der Waals surface area contributed by atoms with Gasteiger partial charge in [0.15, 0.2) is 0 Å². The summed E-state index contributed by atoms with van der Waals surface area (Å²) in [7, 11) is -8.26. The number of benzene rings is 4. The summed E-state index contributed by atoms with van der Waals surface area (Å²) < 4.78 is 113. The fourth-order valence-corrected chi connectivity index (χ4v) is 15.1. The van der Waals surface area contributed by atoms with E-state index in [1.807, 2.05) is 7.05 Å². The highest BCUT2D eigenvalue weighted by Crippen LogP contribution is 2.41. The zero-order chi connectivity index (χ0) is 63.5. The number of hydrogen-bond donors (Lipinski definition) is 5. The third kappa shape index (κ3) is 20.4. The first-order valence-corrected chi connectivity index (χ1v) is 36.5. The highest BCUT2D eigenvalue weighted by Gasteiger charge is 2.36. The van der Waals surface area contributed by atoms with E-state index in [9.17, 15) is 48.1 Å². The van der Waals surface area contributed by atoms with Crippen LogP contribution in [0.3, 0.4) is 0 Å². The average Bonchev–Trinajstić information content (AvgIpc) is 2.96. The molecule has 0 atom stereocenters. The second-order valence-electron chi connectivity index (χ2n) is 24.3. The van der Waals surface area contributed by atoms with Crippen LogP contribution in [-0.4, -0.2) is 164 Å². The predicted octanol–water partition coefficient (Wildman–Crippen LogP) is 8.18. The van der Waals surface area contributed by atoms with Crippen LogP contribution in [0.1, 0.15) is 117 Å². The van der Waals surface area contributed by atoms with Crippen LogP contribution in [0.15, 0.2) is 94.7 Å². The van der Waals surface area contributed by atoms with Gasteiger partial charge < -0.3 is 36.2 Å². The van der Waals surface area contributed by atoms with Gasteiger partial charge in [0.1, 0.15) is 5.60 Å². The van der Waals surface area contributed by atoms with Crippen molar-refractivity contribution in [3.8, 4) is 0 Å². The molecule has 4 aliphatic rings. The predicted molar refractivity (Wildman–Crippen MR) is 357 cm³/mol. The molecule has 4 aromatic rings. The van der Waals surface area contributed by atoms with Gasteiger partial charge in [0.25, 0.3) is 11.8 Å². The molecule has 2 saturated carbocycles. The summed E-state index contributed by atoms with van der Waals surface area (Å²) in [5.74, 6) is 1.72. The van der Waals surface area contributed by atoms with Crippen molar-refractivity contribution < 1.29 is 52.8 Å². The van der Waals surface area contributed by atoms with Crippen LogP contribution >= 0.6 is 24.8 Å². The van der Waals surface area contributed by atoms with Crippen LogP contribution in [0.25, 0.3) is 0 Å². The maximum absolute atomic E-state index is 13.5. The zero-order valence-electron chi connectivity index (χ0n) is 52.6. The molecule has 3 amide bonds. The average molecular weight is 1360 g/mol. The smallest absolute Gasteiger partial charge is 0.410 e. The number of rotatable bonds is 24. The Morgan fingerprint density at radius 3 is 1.21 bits per heavy atom. The van der Waals surface area contributed by atoms with Crippen LogP contribution in [0.2, 0.25) is 0 Å². The number of likely N-dealkylation sites (N-methyl/N-ethyl adjacent to an activating group) is 2. The highest BCUT2D eigenvalue weighted by molar-refractivity contribution is 7.92. The molecule has 8 rings (SSSR count). The van der Waals surface area contributed by atoms with Gasteiger partial charge in [-0.2, -0.15) is 8.61 Å². The van der Waals surface area contributed by atoms with Crippen molar-refractivity contribution in [1.82, 2.24) is 29.5 Å². The van der Waals surface area contributed by atoms with Gasteiger partial charge in [-0.1, -0.05) is 50.7 Å². The van der Waals surface area contributed by atoms with Gasteiger partial charge in [0.2, 0.25) is 40.1 Å². The summed E-state index contributed by atoms with van der Waals surface area (Å²) >= 11 is 0. The van der Waals surface area contributed by atoms with Gasteiger partial charge in [-0.05, 0) is 161 Å². The summed E-state index contributed by atoms with van der Waals surface area (Å²) in [6, 6.07) is 22.2. The fraction of sp³-hybridized carbons (Fsp3) is 0.557. The molecule has 0 bridgehead atoms. The molecular weight excluding hydrogens is 1260 g/mol. The SMILES string of the molecule is CN(CCNCc1ccc(N(C)S(C)(=O)=O)c(C(=O)Nc2ccc(S(=O)(=O)N3CCC(C4CCC4)CC3)cc2)c1)C(=O)OC(C)(C)C.CNCCNCc1ccc(N(C)S(C)(=O)=O)c(C(=O)Nc2ccc(S(=O)(=O)N3CCC(C4CCC4)CC3)cc2)c1.Cl.Cl. The van der Waals surface area contributed by atoms with Crippen molar-refractivity contribution in [3.05, 3.63) is 107 Å². The first-order chi connectivity index (χ1) is 41.0. The second-order valence-corrected chi connectivity index (χ2v) is 32.2. The topological polar surface area (TPSA) is 273 Å². The molecule has 2 saturated heterocycles. The van der Waals surface area contributed by atoms with E-state index < -0.39 is 63.6 Å².